The van der Waals surface area contributed by atoms with E-state index in [2.05, 4.69) is 30.8 Å². The van der Waals surface area contributed by atoms with Crippen molar-refractivity contribution in [2.45, 2.75) is 26.2 Å². The van der Waals surface area contributed by atoms with E-state index in [1.54, 1.807) is 24.3 Å². The summed E-state index contributed by atoms with van der Waals surface area (Å²) < 4.78 is 17.4. The quantitative estimate of drug-likeness (QED) is 0.339. The van der Waals surface area contributed by atoms with Crippen LogP contribution in [-0.2, 0) is 14.9 Å². The van der Waals surface area contributed by atoms with Crippen LogP contribution in [0.2, 0.25) is 5.02 Å². The zero-order chi connectivity index (χ0) is 24.3. The summed E-state index contributed by atoms with van der Waals surface area (Å²) in [5.74, 6) is 0.459. The van der Waals surface area contributed by atoms with E-state index in [4.69, 9.17) is 21.1 Å². The van der Waals surface area contributed by atoms with Gasteiger partial charge < -0.3 is 14.2 Å². The molecule has 0 unspecified atom stereocenters. The molecule has 8 nitrogen and oxygen atoms in total. The van der Waals surface area contributed by atoms with Crippen LogP contribution in [0.4, 0.5) is 0 Å². The molecular formula is C23H23BrClN3O5. The highest BCUT2D eigenvalue weighted by molar-refractivity contribution is 9.10. The smallest absolute Gasteiger partial charge is 0.343 e. The number of aromatic nitrogens is 2. The predicted octanol–water partition coefficient (Wildman–Crippen LogP) is 4.55. The molecule has 2 aromatic carbocycles. The second kappa shape index (κ2) is 9.93. The molecule has 174 valence electrons. The van der Waals surface area contributed by atoms with Crippen LogP contribution in [0.25, 0.3) is 10.9 Å². The van der Waals surface area contributed by atoms with Crippen molar-refractivity contribution < 1.29 is 19.0 Å². The number of nitrogens with zero attached hydrogens (tertiary/aromatic N) is 3. The molecule has 0 radical (unpaired) electrons. The molecular weight excluding hydrogens is 514 g/mol. The molecule has 3 aromatic rings. The zero-order valence-corrected chi connectivity index (χ0v) is 21.2. The van der Waals surface area contributed by atoms with Gasteiger partial charge in [-0.25, -0.2) is 9.78 Å². The van der Waals surface area contributed by atoms with E-state index in [-0.39, 0.29) is 22.9 Å². The number of esters is 1. The van der Waals surface area contributed by atoms with Crippen molar-refractivity contribution in [3.63, 3.8) is 0 Å². The Morgan fingerprint density at radius 2 is 1.97 bits per heavy atom. The van der Waals surface area contributed by atoms with Gasteiger partial charge >= 0.3 is 5.97 Å². The van der Waals surface area contributed by atoms with Crippen molar-refractivity contribution in [2.75, 3.05) is 20.8 Å². The number of carbonyl (C=O) groups is 1. The van der Waals surface area contributed by atoms with Crippen LogP contribution in [0.15, 0.2) is 44.7 Å². The van der Waals surface area contributed by atoms with Crippen molar-refractivity contribution in [1.29, 1.82) is 0 Å². The third-order valence-corrected chi connectivity index (χ3v) is 5.39. The van der Waals surface area contributed by atoms with E-state index < -0.39 is 11.4 Å². The molecule has 1 heterocycles. The monoisotopic (exact) mass is 535 g/mol. The van der Waals surface area contributed by atoms with Crippen LogP contribution in [0, 0.1) is 0 Å². The van der Waals surface area contributed by atoms with E-state index in [1.165, 1.54) is 25.1 Å². The van der Waals surface area contributed by atoms with Crippen LogP contribution in [-0.4, -0.2) is 42.7 Å². The molecule has 0 fully saturated rings. The number of benzene rings is 2. The number of fused-ring (bicyclic) bond motifs is 1. The number of rotatable bonds is 6. The van der Waals surface area contributed by atoms with Crippen molar-refractivity contribution in [3.05, 3.63) is 61.6 Å². The molecule has 0 spiro atoms. The molecule has 0 bridgehead atoms. The van der Waals surface area contributed by atoms with E-state index in [9.17, 15) is 9.59 Å². The molecule has 0 saturated carbocycles. The van der Waals surface area contributed by atoms with Crippen LogP contribution in [0.1, 0.15) is 32.2 Å². The average Bonchev–Trinajstić information content (AvgIpc) is 2.76. The summed E-state index contributed by atoms with van der Waals surface area (Å²) >= 11 is 9.75. The highest BCUT2D eigenvalue weighted by Gasteiger charge is 2.23. The summed E-state index contributed by atoms with van der Waals surface area (Å²) in [5.41, 5.74) is 0.414. The Hall–Kier alpha value is -2.91. The second-order valence-electron chi connectivity index (χ2n) is 8.11. The summed E-state index contributed by atoms with van der Waals surface area (Å²) in [6.07, 6.45) is 1.49. The molecule has 0 aliphatic carbocycles. The minimum absolute atomic E-state index is 0.200. The fraction of sp³-hybridized carbons (Fsp3) is 0.304. The lowest BCUT2D eigenvalue weighted by molar-refractivity contribution is -0.142. The minimum Gasteiger partial charge on any atom is -0.493 e. The van der Waals surface area contributed by atoms with Gasteiger partial charge in [0.15, 0.2) is 18.1 Å². The van der Waals surface area contributed by atoms with Crippen LogP contribution < -0.4 is 15.0 Å². The third kappa shape index (κ3) is 5.54. The lowest BCUT2D eigenvalue weighted by Gasteiger charge is -2.21. The minimum atomic E-state index is -0.553. The number of halogens is 2. The van der Waals surface area contributed by atoms with Crippen molar-refractivity contribution in [1.82, 2.24) is 9.66 Å². The summed E-state index contributed by atoms with van der Waals surface area (Å²) in [5, 5.41) is 5.08. The van der Waals surface area contributed by atoms with E-state index >= 15 is 0 Å². The first-order chi connectivity index (χ1) is 15.5. The first-order valence-corrected chi connectivity index (χ1v) is 11.1. The summed E-state index contributed by atoms with van der Waals surface area (Å²) in [6, 6.07) is 8.58. The normalized spacial score (nSPS) is 11.7. The summed E-state index contributed by atoms with van der Waals surface area (Å²) in [6.45, 7) is 5.55. The third-order valence-electron chi connectivity index (χ3n) is 4.62. The second-order valence-corrected chi connectivity index (χ2v) is 9.43. The lowest BCUT2D eigenvalue weighted by Crippen LogP contribution is -2.29. The summed E-state index contributed by atoms with van der Waals surface area (Å²) in [4.78, 5) is 29.3. The molecule has 0 atom stereocenters. The van der Waals surface area contributed by atoms with Gasteiger partial charge in [0.1, 0.15) is 5.82 Å². The SMILES string of the molecule is COC(=O)COc1c(Cl)cc(C=Nn2c(C(C)(C)C)nc3ccc(Br)cc3c2=O)cc1OC. The lowest BCUT2D eigenvalue weighted by atomic mass is 9.95. The fourth-order valence-corrected chi connectivity index (χ4v) is 3.64. The maximum atomic E-state index is 13.3. The average molecular weight is 537 g/mol. The van der Waals surface area contributed by atoms with Crippen LogP contribution in [0.5, 0.6) is 11.5 Å². The number of carbonyl (C=O) groups excluding carboxylic acids is 1. The highest BCUT2D eigenvalue weighted by atomic mass is 79.9. The Morgan fingerprint density at radius 1 is 1.24 bits per heavy atom. The number of hydrogen-bond acceptors (Lipinski definition) is 7. The van der Waals surface area contributed by atoms with E-state index in [0.717, 1.165) is 4.47 Å². The highest BCUT2D eigenvalue weighted by Crippen LogP contribution is 2.36. The van der Waals surface area contributed by atoms with Gasteiger partial charge in [-0.1, -0.05) is 48.3 Å². The number of hydrogen-bond donors (Lipinski definition) is 0. The first-order valence-electron chi connectivity index (χ1n) is 9.89. The molecule has 0 saturated heterocycles. The van der Waals surface area contributed by atoms with Gasteiger partial charge in [-0.05, 0) is 35.9 Å². The van der Waals surface area contributed by atoms with Crippen LogP contribution in [0.3, 0.4) is 0 Å². The Balaban J connectivity index is 2.08. The molecule has 3 rings (SSSR count). The molecule has 1 aromatic heterocycles. The fourth-order valence-electron chi connectivity index (χ4n) is 3.01. The van der Waals surface area contributed by atoms with E-state index in [0.29, 0.717) is 28.0 Å². The maximum Gasteiger partial charge on any atom is 0.343 e. The Labute approximate surface area is 204 Å². The number of ether oxygens (including phenoxy) is 3. The van der Waals surface area contributed by atoms with Gasteiger partial charge in [-0.15, -0.1) is 0 Å². The topological polar surface area (TPSA) is 92.0 Å². The molecule has 0 N–H and O–H groups in total. The first kappa shape index (κ1) is 24.7. The van der Waals surface area contributed by atoms with Gasteiger partial charge in [0, 0.05) is 9.89 Å². The Morgan fingerprint density at radius 3 is 2.61 bits per heavy atom. The predicted molar refractivity (Wildman–Crippen MR) is 131 cm³/mol. The van der Waals surface area contributed by atoms with E-state index in [1.807, 2.05) is 26.8 Å². The molecule has 0 aliphatic rings. The van der Waals surface area contributed by atoms with Gasteiger partial charge in [-0.3, -0.25) is 4.79 Å². The van der Waals surface area contributed by atoms with Gasteiger partial charge in [0.05, 0.1) is 36.4 Å². The van der Waals surface area contributed by atoms with Crippen LogP contribution >= 0.6 is 27.5 Å². The van der Waals surface area contributed by atoms with Crippen molar-refractivity contribution in [2.24, 2.45) is 5.10 Å². The van der Waals surface area contributed by atoms with Gasteiger partial charge in [0.25, 0.3) is 5.56 Å². The molecule has 33 heavy (non-hydrogen) atoms. The van der Waals surface area contributed by atoms with Crippen molar-refractivity contribution in [3.8, 4) is 11.5 Å². The zero-order valence-electron chi connectivity index (χ0n) is 18.8. The Kier molecular flexibility index (Phi) is 7.44. The molecule has 0 amide bonds. The van der Waals surface area contributed by atoms with Gasteiger partial charge in [0.2, 0.25) is 0 Å². The molecule has 10 heteroatoms. The van der Waals surface area contributed by atoms with Gasteiger partial charge in [-0.2, -0.15) is 9.78 Å². The number of methoxy groups -OCH3 is 2. The maximum absolute atomic E-state index is 13.3. The van der Waals surface area contributed by atoms with Crippen molar-refractivity contribution >= 4 is 50.6 Å². The summed E-state index contributed by atoms with van der Waals surface area (Å²) in [7, 11) is 2.71. The standard InChI is InChI=1S/C23H23BrClN3O5/c1-23(2,3)22-27-17-7-6-14(24)10-15(17)21(30)28(22)26-11-13-8-16(25)20(18(9-13)31-4)33-12-19(29)32-5/h6-11H,12H2,1-5H3. The Bertz CT molecular complexity index is 1300. The molecule has 0 aliphatic heterocycles. The largest absolute Gasteiger partial charge is 0.493 e.